The van der Waals surface area contributed by atoms with Gasteiger partial charge in [0.05, 0.1) is 6.07 Å². The van der Waals surface area contributed by atoms with E-state index in [4.69, 9.17) is 10.00 Å². The molecular formula is C14H12N2O2S. The van der Waals surface area contributed by atoms with E-state index in [9.17, 15) is 4.79 Å². The highest BCUT2D eigenvalue weighted by atomic mass is 32.1. The van der Waals surface area contributed by atoms with Gasteiger partial charge in [0.2, 0.25) is 0 Å². The van der Waals surface area contributed by atoms with Crippen molar-refractivity contribution in [2.75, 3.05) is 0 Å². The van der Waals surface area contributed by atoms with Crippen molar-refractivity contribution in [3.05, 3.63) is 58.3 Å². The molecule has 1 amide bonds. The summed E-state index contributed by atoms with van der Waals surface area (Å²) in [4.78, 5) is 11.6. The highest BCUT2D eigenvalue weighted by Crippen LogP contribution is 2.15. The molecule has 2 aromatic rings. The van der Waals surface area contributed by atoms with Crippen molar-refractivity contribution in [3.8, 4) is 6.07 Å². The fourth-order valence-electron chi connectivity index (χ4n) is 1.51. The van der Waals surface area contributed by atoms with E-state index in [0.717, 1.165) is 11.1 Å². The lowest BCUT2D eigenvalue weighted by molar-refractivity contribution is 0.137. The fraction of sp³-hybridized carbons (Fsp3) is 0.143. The summed E-state index contributed by atoms with van der Waals surface area (Å²) in [5, 5.41) is 15.2. The van der Waals surface area contributed by atoms with E-state index in [1.165, 1.54) is 11.3 Å². The highest BCUT2D eigenvalue weighted by Gasteiger charge is 2.14. The zero-order chi connectivity index (χ0) is 13.5. The van der Waals surface area contributed by atoms with Gasteiger partial charge in [-0.05, 0) is 28.0 Å². The lowest BCUT2D eigenvalue weighted by Gasteiger charge is -2.10. The summed E-state index contributed by atoms with van der Waals surface area (Å²) in [5.74, 6) is 0. The second kappa shape index (κ2) is 6.57. The van der Waals surface area contributed by atoms with Crippen LogP contribution in [0.15, 0.2) is 47.2 Å². The molecule has 2 rings (SSSR count). The number of thiophene rings is 1. The summed E-state index contributed by atoms with van der Waals surface area (Å²) < 4.78 is 5.06. The van der Waals surface area contributed by atoms with Crippen LogP contribution in [0, 0.1) is 11.3 Å². The van der Waals surface area contributed by atoms with Crippen LogP contribution in [-0.2, 0) is 11.3 Å². The van der Waals surface area contributed by atoms with Crippen molar-refractivity contribution in [2.45, 2.75) is 12.6 Å². The first kappa shape index (κ1) is 13.1. The average molecular weight is 272 g/mol. The largest absolute Gasteiger partial charge is 0.445 e. The third-order valence-corrected chi connectivity index (χ3v) is 3.18. The van der Waals surface area contributed by atoms with Crippen molar-refractivity contribution in [1.29, 1.82) is 5.26 Å². The molecule has 0 saturated carbocycles. The standard InChI is InChI=1S/C14H12N2O2S/c15-8-13(12-6-7-19-10-12)16-14(17)18-9-11-4-2-1-3-5-11/h1-7,10,13H,9H2,(H,16,17). The molecule has 0 aliphatic carbocycles. The summed E-state index contributed by atoms with van der Waals surface area (Å²) in [7, 11) is 0. The molecule has 1 unspecified atom stereocenters. The predicted molar refractivity (Wildman–Crippen MR) is 72.4 cm³/mol. The van der Waals surface area contributed by atoms with Gasteiger partial charge < -0.3 is 10.1 Å². The summed E-state index contributed by atoms with van der Waals surface area (Å²) >= 11 is 1.48. The number of benzene rings is 1. The van der Waals surface area contributed by atoms with Gasteiger partial charge in [0.15, 0.2) is 0 Å². The van der Waals surface area contributed by atoms with Gasteiger partial charge in [0.1, 0.15) is 12.6 Å². The van der Waals surface area contributed by atoms with Crippen molar-refractivity contribution in [1.82, 2.24) is 5.32 Å². The highest BCUT2D eigenvalue weighted by molar-refractivity contribution is 7.08. The molecule has 0 aliphatic heterocycles. The molecule has 1 heterocycles. The molecule has 0 saturated heterocycles. The van der Waals surface area contributed by atoms with Gasteiger partial charge in [0.25, 0.3) is 0 Å². The average Bonchev–Trinajstić information content (AvgIpc) is 2.97. The lowest BCUT2D eigenvalue weighted by atomic mass is 10.2. The first-order valence-electron chi connectivity index (χ1n) is 5.68. The second-order valence-corrected chi connectivity index (χ2v) is 4.60. The summed E-state index contributed by atoms with van der Waals surface area (Å²) in [6.45, 7) is 0.189. The van der Waals surface area contributed by atoms with Gasteiger partial charge >= 0.3 is 6.09 Å². The van der Waals surface area contributed by atoms with E-state index in [-0.39, 0.29) is 6.61 Å². The van der Waals surface area contributed by atoms with Gasteiger partial charge in [-0.1, -0.05) is 30.3 Å². The number of nitrogens with one attached hydrogen (secondary N) is 1. The Kier molecular flexibility index (Phi) is 4.54. The number of carbonyl (C=O) groups is 1. The van der Waals surface area contributed by atoms with E-state index >= 15 is 0 Å². The van der Waals surface area contributed by atoms with E-state index in [0.29, 0.717) is 0 Å². The SMILES string of the molecule is N#CC(NC(=O)OCc1ccccc1)c1ccsc1. The lowest BCUT2D eigenvalue weighted by Crippen LogP contribution is -2.27. The number of carbonyl (C=O) groups excluding carboxylic acids is 1. The van der Waals surface area contributed by atoms with Gasteiger partial charge in [-0.15, -0.1) is 0 Å². The summed E-state index contributed by atoms with van der Waals surface area (Å²) in [6, 6.07) is 12.5. The second-order valence-electron chi connectivity index (χ2n) is 3.82. The van der Waals surface area contributed by atoms with Crippen LogP contribution in [0.5, 0.6) is 0 Å². The normalized spacial score (nSPS) is 11.3. The van der Waals surface area contributed by atoms with Crippen LogP contribution in [0.4, 0.5) is 4.79 Å². The molecule has 1 aromatic carbocycles. The molecule has 0 fully saturated rings. The van der Waals surface area contributed by atoms with Crippen LogP contribution >= 0.6 is 11.3 Å². The Labute approximate surface area is 115 Å². The Morgan fingerprint density at radius 2 is 2.16 bits per heavy atom. The maximum atomic E-state index is 11.6. The molecule has 4 nitrogen and oxygen atoms in total. The Bertz CT molecular complexity index is 561. The van der Waals surface area contributed by atoms with Gasteiger partial charge in [-0.2, -0.15) is 16.6 Å². The van der Waals surface area contributed by atoms with Crippen LogP contribution in [-0.4, -0.2) is 6.09 Å². The molecule has 5 heteroatoms. The van der Waals surface area contributed by atoms with Crippen LogP contribution in [0.3, 0.4) is 0 Å². The zero-order valence-electron chi connectivity index (χ0n) is 10.1. The number of ether oxygens (including phenoxy) is 1. The maximum Gasteiger partial charge on any atom is 0.408 e. The maximum absolute atomic E-state index is 11.6. The third kappa shape index (κ3) is 3.83. The number of alkyl carbamates (subject to hydrolysis) is 1. The zero-order valence-corrected chi connectivity index (χ0v) is 10.9. The first-order valence-corrected chi connectivity index (χ1v) is 6.63. The molecule has 19 heavy (non-hydrogen) atoms. The molecule has 0 spiro atoms. The molecule has 0 radical (unpaired) electrons. The Morgan fingerprint density at radius 3 is 2.79 bits per heavy atom. The summed E-state index contributed by atoms with van der Waals surface area (Å²) in [5.41, 5.74) is 1.67. The molecule has 1 atom stereocenters. The van der Waals surface area contributed by atoms with E-state index < -0.39 is 12.1 Å². The Morgan fingerprint density at radius 1 is 1.37 bits per heavy atom. The van der Waals surface area contributed by atoms with Crippen molar-refractivity contribution >= 4 is 17.4 Å². The van der Waals surface area contributed by atoms with Gasteiger partial charge in [0, 0.05) is 0 Å². The molecule has 96 valence electrons. The topological polar surface area (TPSA) is 62.1 Å². The first-order chi connectivity index (χ1) is 9.29. The molecule has 0 bridgehead atoms. The number of rotatable bonds is 4. The number of hydrogen-bond donors (Lipinski definition) is 1. The van der Waals surface area contributed by atoms with Gasteiger partial charge in [-0.25, -0.2) is 4.79 Å². The number of hydrogen-bond acceptors (Lipinski definition) is 4. The van der Waals surface area contributed by atoms with Crippen LogP contribution in [0.2, 0.25) is 0 Å². The Hall–Kier alpha value is -2.32. The molecule has 1 N–H and O–H groups in total. The van der Waals surface area contributed by atoms with E-state index in [1.807, 2.05) is 47.2 Å². The minimum atomic E-state index is -0.672. The van der Waals surface area contributed by atoms with E-state index in [1.54, 1.807) is 6.07 Å². The number of nitriles is 1. The smallest absolute Gasteiger partial charge is 0.408 e. The van der Waals surface area contributed by atoms with Crippen LogP contribution < -0.4 is 5.32 Å². The third-order valence-electron chi connectivity index (χ3n) is 2.48. The fourth-order valence-corrected chi connectivity index (χ4v) is 2.20. The minimum absolute atomic E-state index is 0.189. The summed E-state index contributed by atoms with van der Waals surface area (Å²) in [6.07, 6.45) is -0.596. The number of nitrogens with zero attached hydrogens (tertiary/aromatic N) is 1. The minimum Gasteiger partial charge on any atom is -0.445 e. The van der Waals surface area contributed by atoms with Crippen LogP contribution in [0.25, 0.3) is 0 Å². The van der Waals surface area contributed by atoms with Crippen LogP contribution in [0.1, 0.15) is 17.2 Å². The monoisotopic (exact) mass is 272 g/mol. The molecule has 0 aliphatic rings. The van der Waals surface area contributed by atoms with Crippen molar-refractivity contribution < 1.29 is 9.53 Å². The van der Waals surface area contributed by atoms with Crippen molar-refractivity contribution in [3.63, 3.8) is 0 Å². The van der Waals surface area contributed by atoms with E-state index in [2.05, 4.69) is 5.32 Å². The van der Waals surface area contributed by atoms with Crippen molar-refractivity contribution in [2.24, 2.45) is 0 Å². The molecule has 1 aromatic heterocycles. The van der Waals surface area contributed by atoms with Gasteiger partial charge in [-0.3, -0.25) is 0 Å². The predicted octanol–water partition coefficient (Wildman–Crippen LogP) is 3.24. The Balaban J connectivity index is 1.86. The molecular weight excluding hydrogens is 260 g/mol. The quantitative estimate of drug-likeness (QED) is 0.929. The number of amides is 1.